The molecule has 106 valence electrons. The molecule has 4 nitrogen and oxygen atoms in total. The van der Waals surface area contributed by atoms with Crippen molar-refractivity contribution in [2.24, 2.45) is 0 Å². The first-order valence-electron chi connectivity index (χ1n) is 6.10. The van der Waals surface area contributed by atoms with Crippen molar-refractivity contribution in [3.8, 4) is 0 Å². The topological polar surface area (TPSA) is 54.3 Å². The van der Waals surface area contributed by atoms with Crippen LogP contribution in [0.25, 0.3) is 0 Å². The van der Waals surface area contributed by atoms with Crippen LogP contribution in [-0.2, 0) is 17.9 Å². The second kappa shape index (κ2) is 7.61. The van der Waals surface area contributed by atoms with E-state index in [1.165, 1.54) is 0 Å². The van der Waals surface area contributed by atoms with Gasteiger partial charge < -0.3 is 15.1 Å². The van der Waals surface area contributed by atoms with Crippen molar-refractivity contribution >= 4 is 37.8 Å². The molecule has 6 heteroatoms. The number of halogens is 2. The van der Waals surface area contributed by atoms with Gasteiger partial charge in [-0.05, 0) is 43.5 Å². The van der Waals surface area contributed by atoms with Crippen molar-refractivity contribution in [1.29, 1.82) is 0 Å². The van der Waals surface area contributed by atoms with Crippen LogP contribution in [0.4, 0.5) is 0 Å². The fourth-order valence-corrected chi connectivity index (χ4v) is 2.30. The molecule has 0 aliphatic heterocycles. The number of furan rings is 1. The zero-order chi connectivity index (χ0) is 14.4. The molecule has 0 spiro atoms. The molecule has 1 heterocycles. The van der Waals surface area contributed by atoms with Crippen LogP contribution in [0.5, 0.6) is 0 Å². The third-order valence-corrected chi connectivity index (χ3v) is 4.32. The number of hydrogen-bond donors (Lipinski definition) is 2. The third-order valence-electron chi connectivity index (χ3n) is 2.61. The Bertz CT molecular complexity index is 550. The van der Waals surface area contributed by atoms with Gasteiger partial charge in [0.25, 0.3) is 0 Å². The number of benzene rings is 1. The Hall–Kier alpha value is -1.11. The summed E-state index contributed by atoms with van der Waals surface area (Å²) in [5, 5.41) is 5.88. The van der Waals surface area contributed by atoms with Gasteiger partial charge in [-0.3, -0.25) is 4.79 Å². The largest absolute Gasteiger partial charge is 0.452 e. The van der Waals surface area contributed by atoms with Crippen LogP contribution >= 0.6 is 31.9 Å². The van der Waals surface area contributed by atoms with E-state index in [2.05, 4.69) is 42.5 Å². The van der Waals surface area contributed by atoms with E-state index in [4.69, 9.17) is 4.42 Å². The molecular formula is C14H14Br2N2O2. The Labute approximate surface area is 134 Å². The van der Waals surface area contributed by atoms with Gasteiger partial charge in [-0.15, -0.1) is 0 Å². The molecule has 2 N–H and O–H groups in total. The molecule has 1 amide bonds. The first-order chi connectivity index (χ1) is 9.65. The minimum absolute atomic E-state index is 0.0430. The zero-order valence-electron chi connectivity index (χ0n) is 10.7. The van der Waals surface area contributed by atoms with E-state index >= 15 is 0 Å². The smallest absolute Gasteiger partial charge is 0.234 e. The highest BCUT2D eigenvalue weighted by molar-refractivity contribution is 9.13. The lowest BCUT2D eigenvalue weighted by atomic mass is 10.2. The number of hydrogen-bond acceptors (Lipinski definition) is 3. The van der Waals surface area contributed by atoms with E-state index in [-0.39, 0.29) is 12.5 Å². The molecule has 0 saturated carbocycles. The lowest BCUT2D eigenvalue weighted by Gasteiger charge is -2.05. The highest BCUT2D eigenvalue weighted by Crippen LogP contribution is 2.26. The van der Waals surface area contributed by atoms with Crippen molar-refractivity contribution in [3.63, 3.8) is 0 Å². The highest BCUT2D eigenvalue weighted by atomic mass is 79.9. The Morgan fingerprint density at radius 3 is 2.55 bits per heavy atom. The monoisotopic (exact) mass is 400 g/mol. The van der Waals surface area contributed by atoms with Crippen LogP contribution in [-0.4, -0.2) is 12.5 Å². The van der Waals surface area contributed by atoms with Crippen LogP contribution in [0.15, 0.2) is 50.0 Å². The minimum atomic E-state index is -0.0430. The molecule has 0 saturated heterocycles. The van der Waals surface area contributed by atoms with E-state index in [1.807, 2.05) is 36.4 Å². The molecule has 2 rings (SSSR count). The van der Waals surface area contributed by atoms with Crippen LogP contribution in [0.1, 0.15) is 11.3 Å². The second-order valence-corrected chi connectivity index (χ2v) is 5.77. The van der Waals surface area contributed by atoms with Gasteiger partial charge in [0.2, 0.25) is 5.91 Å². The van der Waals surface area contributed by atoms with Crippen molar-refractivity contribution in [1.82, 2.24) is 10.6 Å². The molecule has 20 heavy (non-hydrogen) atoms. The molecule has 0 fully saturated rings. The summed E-state index contributed by atoms with van der Waals surface area (Å²) in [5.74, 6) is 0.721. The number of rotatable bonds is 6. The molecule has 2 aromatic rings. The van der Waals surface area contributed by atoms with E-state index in [9.17, 15) is 4.79 Å². The van der Waals surface area contributed by atoms with E-state index in [0.29, 0.717) is 17.8 Å². The van der Waals surface area contributed by atoms with Gasteiger partial charge in [-0.1, -0.05) is 30.3 Å². The van der Waals surface area contributed by atoms with Crippen LogP contribution in [0, 0.1) is 0 Å². The first kappa shape index (κ1) is 15.3. The third kappa shape index (κ3) is 4.77. The van der Waals surface area contributed by atoms with Gasteiger partial charge >= 0.3 is 0 Å². The van der Waals surface area contributed by atoms with E-state index in [1.54, 1.807) is 0 Å². The average molecular weight is 402 g/mol. The van der Waals surface area contributed by atoms with Gasteiger partial charge in [0.1, 0.15) is 5.76 Å². The summed E-state index contributed by atoms with van der Waals surface area (Å²) >= 11 is 6.61. The second-order valence-electron chi connectivity index (χ2n) is 4.20. The highest BCUT2D eigenvalue weighted by Gasteiger charge is 2.06. The number of carbonyl (C=O) groups excluding carboxylic acids is 1. The van der Waals surface area contributed by atoms with Crippen molar-refractivity contribution in [2.75, 3.05) is 6.54 Å². The Kier molecular flexibility index (Phi) is 5.82. The summed E-state index contributed by atoms with van der Waals surface area (Å²) in [5.41, 5.74) is 1.08. The molecule has 0 bridgehead atoms. The number of amides is 1. The molecule has 1 aromatic carbocycles. The molecule has 0 radical (unpaired) electrons. The standard InChI is InChI=1S/C14H14Br2N2O2/c15-12-6-11(20-14(12)16)8-17-9-13(19)18-7-10-4-2-1-3-5-10/h1-6,17H,7-9H2,(H,18,19). The predicted molar refractivity (Wildman–Crippen MR) is 84.1 cm³/mol. The van der Waals surface area contributed by atoms with Gasteiger partial charge in [-0.2, -0.15) is 0 Å². The van der Waals surface area contributed by atoms with Gasteiger partial charge in [0.05, 0.1) is 17.6 Å². The Morgan fingerprint density at radius 2 is 1.90 bits per heavy atom. The molecular weight excluding hydrogens is 388 g/mol. The minimum Gasteiger partial charge on any atom is -0.452 e. The fourth-order valence-electron chi connectivity index (χ4n) is 1.64. The Morgan fingerprint density at radius 1 is 1.15 bits per heavy atom. The van der Waals surface area contributed by atoms with Crippen LogP contribution < -0.4 is 10.6 Å². The Balaban J connectivity index is 1.68. The van der Waals surface area contributed by atoms with Gasteiger partial charge in [0.15, 0.2) is 4.67 Å². The van der Waals surface area contributed by atoms with Crippen molar-refractivity contribution < 1.29 is 9.21 Å². The van der Waals surface area contributed by atoms with Gasteiger partial charge in [-0.25, -0.2) is 0 Å². The molecule has 1 aromatic heterocycles. The maximum atomic E-state index is 11.7. The molecule has 0 aliphatic carbocycles. The predicted octanol–water partition coefficient (Wildman–Crippen LogP) is 3.21. The molecule has 0 atom stereocenters. The van der Waals surface area contributed by atoms with Crippen molar-refractivity contribution in [3.05, 3.63) is 56.9 Å². The van der Waals surface area contributed by atoms with Crippen LogP contribution in [0.2, 0.25) is 0 Å². The first-order valence-corrected chi connectivity index (χ1v) is 7.69. The number of carbonyl (C=O) groups is 1. The zero-order valence-corrected chi connectivity index (χ0v) is 13.8. The summed E-state index contributed by atoms with van der Waals surface area (Å²) in [7, 11) is 0. The normalized spacial score (nSPS) is 10.5. The van der Waals surface area contributed by atoms with Gasteiger partial charge in [0, 0.05) is 6.54 Å². The summed E-state index contributed by atoms with van der Waals surface area (Å²) < 4.78 is 6.92. The maximum absolute atomic E-state index is 11.7. The SMILES string of the molecule is O=C(CNCc1cc(Br)c(Br)o1)NCc1ccccc1. The maximum Gasteiger partial charge on any atom is 0.234 e. The fraction of sp³-hybridized carbons (Fsp3) is 0.214. The lowest BCUT2D eigenvalue weighted by Crippen LogP contribution is -2.33. The molecule has 0 aliphatic rings. The summed E-state index contributed by atoms with van der Waals surface area (Å²) in [6.07, 6.45) is 0. The average Bonchev–Trinajstić information content (AvgIpc) is 2.76. The van der Waals surface area contributed by atoms with Crippen molar-refractivity contribution in [2.45, 2.75) is 13.1 Å². The van der Waals surface area contributed by atoms with E-state index < -0.39 is 0 Å². The summed E-state index contributed by atoms with van der Waals surface area (Å²) in [6, 6.07) is 11.7. The molecule has 0 unspecified atom stereocenters. The van der Waals surface area contributed by atoms with Crippen LogP contribution in [0.3, 0.4) is 0 Å². The van der Waals surface area contributed by atoms with E-state index in [0.717, 1.165) is 15.8 Å². The quantitative estimate of drug-likeness (QED) is 0.781. The lowest BCUT2D eigenvalue weighted by molar-refractivity contribution is -0.120. The number of nitrogens with one attached hydrogen (secondary N) is 2. The summed E-state index contributed by atoms with van der Waals surface area (Å²) in [4.78, 5) is 11.7. The summed E-state index contributed by atoms with van der Waals surface area (Å²) in [6.45, 7) is 1.30.